The van der Waals surface area contributed by atoms with Crippen molar-refractivity contribution in [3.05, 3.63) is 0 Å². The van der Waals surface area contributed by atoms with Crippen LogP contribution < -0.4 is 0 Å². The Kier molecular flexibility index (Phi) is 7.92. The van der Waals surface area contributed by atoms with Gasteiger partial charge in [0.2, 0.25) is 0 Å². The molecule has 0 amide bonds. The Hall–Kier alpha value is -0.0400. The summed E-state index contributed by atoms with van der Waals surface area (Å²) in [5, 5.41) is 9.69. The molecule has 1 nitrogen and oxygen atoms in total. The molecule has 0 aromatic rings. The van der Waals surface area contributed by atoms with Gasteiger partial charge in [0.15, 0.2) is 0 Å². The fourth-order valence-corrected chi connectivity index (χ4v) is 3.14. The second-order valence-electron chi connectivity index (χ2n) is 6.13. The highest BCUT2D eigenvalue weighted by atomic mass is 16.3. The Morgan fingerprint density at radius 1 is 0.941 bits per heavy atom. The first-order valence-electron chi connectivity index (χ1n) is 7.92. The predicted molar refractivity (Wildman–Crippen MR) is 75.1 cm³/mol. The molecule has 0 aromatic carbocycles. The molecule has 102 valence electrons. The van der Waals surface area contributed by atoms with E-state index in [9.17, 15) is 5.11 Å². The van der Waals surface area contributed by atoms with Gasteiger partial charge in [-0.05, 0) is 31.1 Å². The Bertz CT molecular complexity index is 178. The molecule has 17 heavy (non-hydrogen) atoms. The van der Waals surface area contributed by atoms with E-state index in [-0.39, 0.29) is 6.10 Å². The second-order valence-corrected chi connectivity index (χ2v) is 6.13. The quantitative estimate of drug-likeness (QED) is 0.597. The van der Waals surface area contributed by atoms with Crippen molar-refractivity contribution in [3.63, 3.8) is 0 Å². The van der Waals surface area contributed by atoms with E-state index in [0.29, 0.717) is 5.92 Å². The van der Waals surface area contributed by atoms with Crippen molar-refractivity contribution >= 4 is 0 Å². The normalized spacial score (nSPS) is 29.5. The summed E-state index contributed by atoms with van der Waals surface area (Å²) in [6.07, 6.45) is 14.9. The standard InChI is InChI=1S/C16H32O/c1-3-4-5-6-7-8-9-10-15-11-12-16(17)14(2)13-15/h14-17H,3-13H2,1-2H3. The lowest BCUT2D eigenvalue weighted by Gasteiger charge is -2.31. The molecule has 0 aliphatic heterocycles. The van der Waals surface area contributed by atoms with Gasteiger partial charge in [-0.1, -0.05) is 65.2 Å². The van der Waals surface area contributed by atoms with Crippen molar-refractivity contribution in [1.29, 1.82) is 0 Å². The Morgan fingerprint density at radius 2 is 1.59 bits per heavy atom. The van der Waals surface area contributed by atoms with E-state index >= 15 is 0 Å². The highest BCUT2D eigenvalue weighted by Crippen LogP contribution is 2.32. The Labute approximate surface area is 108 Å². The maximum Gasteiger partial charge on any atom is 0.0566 e. The molecule has 1 rings (SSSR count). The molecule has 1 saturated carbocycles. The average molecular weight is 240 g/mol. The van der Waals surface area contributed by atoms with Gasteiger partial charge in [-0.25, -0.2) is 0 Å². The van der Waals surface area contributed by atoms with Gasteiger partial charge in [0.1, 0.15) is 0 Å². The van der Waals surface area contributed by atoms with Crippen LogP contribution in [0.5, 0.6) is 0 Å². The van der Waals surface area contributed by atoms with Crippen LogP contribution in [-0.2, 0) is 0 Å². The van der Waals surface area contributed by atoms with Crippen molar-refractivity contribution in [3.8, 4) is 0 Å². The summed E-state index contributed by atoms with van der Waals surface area (Å²) in [6, 6.07) is 0. The number of rotatable bonds is 8. The van der Waals surface area contributed by atoms with Crippen LogP contribution in [0.1, 0.15) is 84.5 Å². The zero-order valence-corrected chi connectivity index (χ0v) is 12.0. The predicted octanol–water partition coefficient (Wildman–Crippen LogP) is 4.92. The van der Waals surface area contributed by atoms with Crippen molar-refractivity contribution in [2.24, 2.45) is 11.8 Å². The summed E-state index contributed by atoms with van der Waals surface area (Å²) in [5.41, 5.74) is 0. The van der Waals surface area contributed by atoms with Gasteiger partial charge < -0.3 is 5.11 Å². The van der Waals surface area contributed by atoms with Crippen LogP contribution in [0.3, 0.4) is 0 Å². The van der Waals surface area contributed by atoms with E-state index in [4.69, 9.17) is 0 Å². The summed E-state index contributed by atoms with van der Waals surface area (Å²) in [5.74, 6) is 1.45. The van der Waals surface area contributed by atoms with Crippen LogP contribution >= 0.6 is 0 Å². The molecule has 0 radical (unpaired) electrons. The molecule has 3 atom stereocenters. The van der Waals surface area contributed by atoms with Crippen LogP contribution in [0.4, 0.5) is 0 Å². The molecule has 1 aliphatic carbocycles. The van der Waals surface area contributed by atoms with Crippen molar-refractivity contribution in [2.45, 2.75) is 90.6 Å². The lowest BCUT2D eigenvalue weighted by Crippen LogP contribution is -2.26. The number of hydrogen-bond acceptors (Lipinski definition) is 1. The van der Waals surface area contributed by atoms with Crippen LogP contribution in [-0.4, -0.2) is 11.2 Å². The van der Waals surface area contributed by atoms with Gasteiger partial charge in [-0.15, -0.1) is 0 Å². The number of unbranched alkanes of at least 4 members (excludes halogenated alkanes) is 6. The van der Waals surface area contributed by atoms with Crippen molar-refractivity contribution in [2.75, 3.05) is 0 Å². The molecule has 0 spiro atoms. The second kappa shape index (κ2) is 8.97. The third-order valence-electron chi connectivity index (χ3n) is 4.45. The molecule has 0 aromatic heterocycles. The van der Waals surface area contributed by atoms with E-state index in [1.54, 1.807) is 0 Å². The zero-order chi connectivity index (χ0) is 12.5. The molecule has 1 N–H and O–H groups in total. The van der Waals surface area contributed by atoms with Gasteiger partial charge in [-0.3, -0.25) is 0 Å². The molecular weight excluding hydrogens is 208 g/mol. The fourth-order valence-electron chi connectivity index (χ4n) is 3.14. The first kappa shape index (κ1) is 15.0. The number of hydrogen-bond donors (Lipinski definition) is 1. The highest BCUT2D eigenvalue weighted by Gasteiger charge is 2.25. The third-order valence-corrected chi connectivity index (χ3v) is 4.45. The lowest BCUT2D eigenvalue weighted by molar-refractivity contribution is 0.0548. The smallest absolute Gasteiger partial charge is 0.0566 e. The van der Waals surface area contributed by atoms with E-state index in [2.05, 4.69) is 13.8 Å². The molecule has 0 heterocycles. The number of aliphatic hydroxyl groups is 1. The zero-order valence-electron chi connectivity index (χ0n) is 12.0. The monoisotopic (exact) mass is 240 g/mol. The molecule has 0 bridgehead atoms. The first-order chi connectivity index (χ1) is 8.24. The molecule has 1 aliphatic rings. The summed E-state index contributed by atoms with van der Waals surface area (Å²) < 4.78 is 0. The molecule has 1 fully saturated rings. The van der Waals surface area contributed by atoms with Gasteiger partial charge in [-0.2, -0.15) is 0 Å². The SMILES string of the molecule is CCCCCCCCCC1CCC(O)C(C)C1. The van der Waals surface area contributed by atoms with E-state index < -0.39 is 0 Å². The van der Waals surface area contributed by atoms with Gasteiger partial charge in [0.25, 0.3) is 0 Å². The molecule has 3 unspecified atom stereocenters. The van der Waals surface area contributed by atoms with Crippen LogP contribution in [0.25, 0.3) is 0 Å². The van der Waals surface area contributed by atoms with E-state index in [0.717, 1.165) is 12.3 Å². The Balaban J connectivity index is 1.92. The lowest BCUT2D eigenvalue weighted by atomic mass is 9.78. The van der Waals surface area contributed by atoms with Crippen LogP contribution in [0.2, 0.25) is 0 Å². The van der Waals surface area contributed by atoms with Gasteiger partial charge in [0.05, 0.1) is 6.10 Å². The van der Waals surface area contributed by atoms with E-state index in [1.165, 1.54) is 64.2 Å². The number of aliphatic hydroxyl groups excluding tert-OH is 1. The van der Waals surface area contributed by atoms with Crippen LogP contribution in [0.15, 0.2) is 0 Å². The topological polar surface area (TPSA) is 20.2 Å². The van der Waals surface area contributed by atoms with Crippen molar-refractivity contribution in [1.82, 2.24) is 0 Å². The van der Waals surface area contributed by atoms with Crippen molar-refractivity contribution < 1.29 is 5.11 Å². The van der Waals surface area contributed by atoms with Crippen LogP contribution in [0, 0.1) is 11.8 Å². The van der Waals surface area contributed by atoms with E-state index in [1.807, 2.05) is 0 Å². The summed E-state index contributed by atoms with van der Waals surface area (Å²) >= 11 is 0. The Morgan fingerprint density at radius 3 is 2.24 bits per heavy atom. The minimum Gasteiger partial charge on any atom is -0.393 e. The molecule has 0 saturated heterocycles. The third kappa shape index (κ3) is 6.45. The average Bonchev–Trinajstić information content (AvgIpc) is 2.32. The highest BCUT2D eigenvalue weighted by molar-refractivity contribution is 4.76. The fraction of sp³-hybridized carbons (Fsp3) is 1.00. The summed E-state index contributed by atoms with van der Waals surface area (Å²) in [7, 11) is 0. The largest absolute Gasteiger partial charge is 0.393 e. The first-order valence-corrected chi connectivity index (χ1v) is 7.92. The molecular formula is C16H32O. The molecule has 1 heteroatoms. The van der Waals surface area contributed by atoms with Gasteiger partial charge >= 0.3 is 0 Å². The minimum absolute atomic E-state index is 0.0136. The summed E-state index contributed by atoms with van der Waals surface area (Å²) in [6.45, 7) is 4.49. The summed E-state index contributed by atoms with van der Waals surface area (Å²) in [4.78, 5) is 0. The van der Waals surface area contributed by atoms with Gasteiger partial charge in [0, 0.05) is 0 Å². The maximum atomic E-state index is 9.69. The minimum atomic E-state index is -0.0136. The maximum absolute atomic E-state index is 9.69.